The van der Waals surface area contributed by atoms with Crippen molar-refractivity contribution in [3.05, 3.63) is 54.6 Å². The first kappa shape index (κ1) is 12.1. The average molecular weight is 212 g/mol. The van der Waals surface area contributed by atoms with E-state index in [2.05, 4.69) is 24.1 Å². The van der Waals surface area contributed by atoms with Gasteiger partial charge in [-0.3, -0.25) is 0 Å². The van der Waals surface area contributed by atoms with Crippen LogP contribution in [0.4, 0.5) is 5.69 Å². The number of benzene rings is 1. The van der Waals surface area contributed by atoms with E-state index in [4.69, 9.17) is 5.26 Å². The minimum atomic E-state index is 0.693. The first-order valence-corrected chi connectivity index (χ1v) is 5.20. The largest absolute Gasteiger partial charge is 0.364 e. The average Bonchev–Trinajstić information content (AvgIpc) is 2.29. The monoisotopic (exact) mass is 212 g/mol. The van der Waals surface area contributed by atoms with Crippen molar-refractivity contribution in [2.75, 3.05) is 18.0 Å². The fraction of sp³-hybridized carbons (Fsp3) is 0.214. The molecule has 0 aliphatic rings. The Morgan fingerprint density at radius 2 is 1.94 bits per heavy atom. The van der Waals surface area contributed by atoms with Crippen LogP contribution in [0.2, 0.25) is 0 Å². The molecule has 0 radical (unpaired) electrons. The number of rotatable bonds is 5. The van der Waals surface area contributed by atoms with Crippen molar-refractivity contribution in [1.29, 1.82) is 5.26 Å². The molecule has 0 saturated heterocycles. The minimum Gasteiger partial charge on any atom is -0.364 e. The van der Waals surface area contributed by atoms with Crippen molar-refractivity contribution in [3.63, 3.8) is 0 Å². The van der Waals surface area contributed by atoms with E-state index in [9.17, 15) is 0 Å². The standard InChI is InChI=1S/C14H16N2/c1-4-8-16(9-5-2)14-7-6-13(11-15)10-12(14)3/h4-7,10H,1-2,8-9H2,3H3. The summed E-state index contributed by atoms with van der Waals surface area (Å²) < 4.78 is 0. The van der Waals surface area contributed by atoms with E-state index in [1.807, 2.05) is 37.3 Å². The summed E-state index contributed by atoms with van der Waals surface area (Å²) in [7, 11) is 0. The second-order valence-corrected chi connectivity index (χ2v) is 3.60. The molecule has 82 valence electrons. The van der Waals surface area contributed by atoms with Gasteiger partial charge < -0.3 is 4.90 Å². The van der Waals surface area contributed by atoms with Gasteiger partial charge in [0.2, 0.25) is 0 Å². The van der Waals surface area contributed by atoms with E-state index in [1.165, 1.54) is 0 Å². The lowest BCUT2D eigenvalue weighted by Crippen LogP contribution is -2.23. The smallest absolute Gasteiger partial charge is 0.0991 e. The summed E-state index contributed by atoms with van der Waals surface area (Å²) in [6.45, 7) is 11.0. The molecule has 0 spiro atoms. The van der Waals surface area contributed by atoms with Crippen molar-refractivity contribution >= 4 is 5.69 Å². The summed E-state index contributed by atoms with van der Waals surface area (Å²) in [5.74, 6) is 0. The summed E-state index contributed by atoms with van der Waals surface area (Å²) in [6.07, 6.45) is 3.72. The molecule has 1 aromatic rings. The topological polar surface area (TPSA) is 27.0 Å². The molecule has 0 N–H and O–H groups in total. The number of hydrogen-bond donors (Lipinski definition) is 0. The molecule has 0 heterocycles. The highest BCUT2D eigenvalue weighted by Gasteiger charge is 2.06. The molecular formula is C14H16N2. The van der Waals surface area contributed by atoms with E-state index in [-0.39, 0.29) is 0 Å². The Labute approximate surface area is 97.1 Å². The number of nitriles is 1. The molecular weight excluding hydrogens is 196 g/mol. The first-order chi connectivity index (χ1) is 7.72. The van der Waals surface area contributed by atoms with Crippen LogP contribution in [0.15, 0.2) is 43.5 Å². The number of hydrogen-bond acceptors (Lipinski definition) is 2. The minimum absolute atomic E-state index is 0.693. The predicted molar refractivity (Wildman–Crippen MR) is 68.5 cm³/mol. The SMILES string of the molecule is C=CCN(CC=C)c1ccc(C#N)cc1C. The van der Waals surface area contributed by atoms with Gasteiger partial charge in [-0.05, 0) is 30.7 Å². The molecule has 0 aliphatic carbocycles. The van der Waals surface area contributed by atoms with Crippen molar-refractivity contribution in [3.8, 4) is 6.07 Å². The highest BCUT2D eigenvalue weighted by molar-refractivity contribution is 5.56. The Morgan fingerprint density at radius 3 is 2.38 bits per heavy atom. The van der Waals surface area contributed by atoms with Crippen LogP contribution in [0.5, 0.6) is 0 Å². The van der Waals surface area contributed by atoms with Crippen LogP contribution in [0.1, 0.15) is 11.1 Å². The zero-order chi connectivity index (χ0) is 12.0. The molecule has 16 heavy (non-hydrogen) atoms. The number of aryl methyl sites for hydroxylation is 1. The third kappa shape index (κ3) is 2.74. The summed E-state index contributed by atoms with van der Waals surface area (Å²) in [5, 5.41) is 8.80. The summed E-state index contributed by atoms with van der Waals surface area (Å²) in [5.41, 5.74) is 2.92. The third-order valence-corrected chi connectivity index (χ3v) is 2.37. The van der Waals surface area contributed by atoms with E-state index >= 15 is 0 Å². The Bertz CT molecular complexity index is 417. The lowest BCUT2D eigenvalue weighted by atomic mass is 10.1. The highest BCUT2D eigenvalue weighted by Crippen LogP contribution is 2.21. The Balaban J connectivity index is 3.04. The Kier molecular flexibility index (Phi) is 4.35. The van der Waals surface area contributed by atoms with Gasteiger partial charge in [0, 0.05) is 18.8 Å². The molecule has 0 atom stereocenters. The van der Waals surface area contributed by atoms with E-state index in [1.54, 1.807) is 0 Å². The molecule has 0 aromatic heterocycles. The fourth-order valence-electron chi connectivity index (χ4n) is 1.66. The normalized spacial score (nSPS) is 9.25. The molecule has 2 heteroatoms. The summed E-state index contributed by atoms with van der Waals surface area (Å²) in [4.78, 5) is 2.16. The Hall–Kier alpha value is -2.01. The number of anilines is 1. The van der Waals surface area contributed by atoms with Gasteiger partial charge in [-0.15, -0.1) is 13.2 Å². The molecule has 1 aromatic carbocycles. The van der Waals surface area contributed by atoms with Gasteiger partial charge in [-0.25, -0.2) is 0 Å². The van der Waals surface area contributed by atoms with Gasteiger partial charge in [0.1, 0.15) is 0 Å². The van der Waals surface area contributed by atoms with Gasteiger partial charge in [-0.1, -0.05) is 12.2 Å². The van der Waals surface area contributed by atoms with E-state index in [0.717, 1.165) is 24.3 Å². The fourth-order valence-corrected chi connectivity index (χ4v) is 1.66. The lowest BCUT2D eigenvalue weighted by Gasteiger charge is -2.23. The second-order valence-electron chi connectivity index (χ2n) is 3.60. The van der Waals surface area contributed by atoms with Crippen LogP contribution in [0.3, 0.4) is 0 Å². The number of nitrogens with zero attached hydrogens (tertiary/aromatic N) is 2. The maximum absolute atomic E-state index is 8.80. The van der Waals surface area contributed by atoms with E-state index < -0.39 is 0 Å². The van der Waals surface area contributed by atoms with E-state index in [0.29, 0.717) is 5.56 Å². The molecule has 0 aliphatic heterocycles. The molecule has 0 saturated carbocycles. The van der Waals surface area contributed by atoms with Crippen LogP contribution in [0.25, 0.3) is 0 Å². The van der Waals surface area contributed by atoms with Gasteiger partial charge >= 0.3 is 0 Å². The first-order valence-electron chi connectivity index (χ1n) is 5.20. The van der Waals surface area contributed by atoms with Crippen molar-refractivity contribution in [2.45, 2.75) is 6.92 Å². The summed E-state index contributed by atoms with van der Waals surface area (Å²) >= 11 is 0. The molecule has 2 nitrogen and oxygen atoms in total. The van der Waals surface area contributed by atoms with Gasteiger partial charge in [0.25, 0.3) is 0 Å². The van der Waals surface area contributed by atoms with Crippen molar-refractivity contribution < 1.29 is 0 Å². The van der Waals surface area contributed by atoms with Crippen LogP contribution in [0, 0.1) is 18.3 Å². The molecule has 0 bridgehead atoms. The molecule has 0 amide bonds. The maximum Gasteiger partial charge on any atom is 0.0991 e. The highest BCUT2D eigenvalue weighted by atomic mass is 15.1. The molecule has 1 rings (SSSR count). The van der Waals surface area contributed by atoms with Crippen LogP contribution in [-0.4, -0.2) is 13.1 Å². The molecule has 0 unspecified atom stereocenters. The summed E-state index contributed by atoms with van der Waals surface area (Å²) in [6, 6.07) is 7.84. The van der Waals surface area contributed by atoms with Crippen LogP contribution in [-0.2, 0) is 0 Å². The lowest BCUT2D eigenvalue weighted by molar-refractivity contribution is 0.949. The van der Waals surface area contributed by atoms with Gasteiger partial charge in [0.05, 0.1) is 11.6 Å². The van der Waals surface area contributed by atoms with Crippen molar-refractivity contribution in [1.82, 2.24) is 0 Å². The zero-order valence-corrected chi connectivity index (χ0v) is 9.61. The van der Waals surface area contributed by atoms with Crippen LogP contribution >= 0.6 is 0 Å². The van der Waals surface area contributed by atoms with Gasteiger partial charge in [0.15, 0.2) is 0 Å². The second kappa shape index (κ2) is 5.77. The third-order valence-electron chi connectivity index (χ3n) is 2.37. The van der Waals surface area contributed by atoms with Crippen LogP contribution < -0.4 is 4.90 Å². The molecule has 0 fully saturated rings. The van der Waals surface area contributed by atoms with Crippen molar-refractivity contribution in [2.24, 2.45) is 0 Å². The predicted octanol–water partition coefficient (Wildman–Crippen LogP) is 3.05. The quantitative estimate of drug-likeness (QED) is 0.701. The maximum atomic E-state index is 8.80. The zero-order valence-electron chi connectivity index (χ0n) is 9.61. The Morgan fingerprint density at radius 1 is 1.31 bits per heavy atom. The van der Waals surface area contributed by atoms with Gasteiger partial charge in [-0.2, -0.15) is 5.26 Å².